The molecule has 0 amide bonds. The molecule has 4 heteroatoms. The van der Waals surface area contributed by atoms with Gasteiger partial charge in [-0.3, -0.25) is 9.97 Å². The summed E-state index contributed by atoms with van der Waals surface area (Å²) in [6.45, 7) is 4.92. The molecular formula is C15H19N3O. The fraction of sp³-hybridized carbons (Fsp3) is 0.333. The first-order valence-corrected chi connectivity index (χ1v) is 6.41. The van der Waals surface area contributed by atoms with Crippen molar-refractivity contribution in [3.8, 4) is 5.75 Å². The Morgan fingerprint density at radius 1 is 1.26 bits per heavy atom. The van der Waals surface area contributed by atoms with E-state index >= 15 is 0 Å². The Labute approximate surface area is 113 Å². The highest BCUT2D eigenvalue weighted by Crippen LogP contribution is 2.27. The summed E-state index contributed by atoms with van der Waals surface area (Å²) in [4.78, 5) is 8.71. The van der Waals surface area contributed by atoms with Gasteiger partial charge in [-0.25, -0.2) is 0 Å². The molecule has 2 rings (SSSR count). The van der Waals surface area contributed by atoms with Crippen molar-refractivity contribution in [3.63, 3.8) is 0 Å². The molecule has 0 spiro atoms. The van der Waals surface area contributed by atoms with Gasteiger partial charge in [-0.2, -0.15) is 0 Å². The minimum atomic E-state index is 0.0165. The zero-order chi connectivity index (χ0) is 13.7. The number of nitrogens with zero attached hydrogens (tertiary/aromatic N) is 2. The fourth-order valence-electron chi connectivity index (χ4n) is 2.12. The normalized spacial score (nSPS) is 12.2. The monoisotopic (exact) mass is 257 g/mol. The van der Waals surface area contributed by atoms with Crippen molar-refractivity contribution in [2.45, 2.75) is 19.9 Å². The van der Waals surface area contributed by atoms with Crippen LogP contribution < -0.4 is 10.1 Å². The molecule has 0 saturated carbocycles. The van der Waals surface area contributed by atoms with E-state index in [9.17, 15) is 0 Å². The number of ether oxygens (including phenoxy) is 1. The fourth-order valence-corrected chi connectivity index (χ4v) is 2.12. The summed E-state index contributed by atoms with van der Waals surface area (Å²) in [5.41, 5.74) is 3.04. The smallest absolute Gasteiger partial charge is 0.142 e. The maximum atomic E-state index is 5.41. The topological polar surface area (TPSA) is 47.0 Å². The summed E-state index contributed by atoms with van der Waals surface area (Å²) in [5.74, 6) is 0.794. The first kappa shape index (κ1) is 13.5. The number of nitrogens with one attached hydrogen (secondary N) is 1. The highest BCUT2D eigenvalue weighted by Gasteiger charge is 2.18. The predicted molar refractivity (Wildman–Crippen MR) is 75.3 cm³/mol. The average molecular weight is 257 g/mol. The van der Waals surface area contributed by atoms with Gasteiger partial charge in [0, 0.05) is 18.1 Å². The predicted octanol–water partition coefficient (Wildman–Crippen LogP) is 2.49. The molecule has 2 heterocycles. The van der Waals surface area contributed by atoms with Gasteiger partial charge in [0.1, 0.15) is 11.4 Å². The van der Waals surface area contributed by atoms with Gasteiger partial charge >= 0.3 is 0 Å². The third-order valence-electron chi connectivity index (χ3n) is 2.96. The molecule has 0 fully saturated rings. The zero-order valence-corrected chi connectivity index (χ0v) is 11.6. The number of hydrogen-bond acceptors (Lipinski definition) is 4. The van der Waals surface area contributed by atoms with Crippen LogP contribution in [0.1, 0.15) is 29.9 Å². The van der Waals surface area contributed by atoms with Gasteiger partial charge in [-0.15, -0.1) is 0 Å². The van der Waals surface area contributed by atoms with Crippen LogP contribution >= 0.6 is 0 Å². The molecule has 0 radical (unpaired) electrons. The Kier molecular flexibility index (Phi) is 4.47. The molecular weight excluding hydrogens is 238 g/mol. The molecule has 4 nitrogen and oxygen atoms in total. The molecule has 1 N–H and O–H groups in total. The molecule has 2 aromatic rings. The van der Waals surface area contributed by atoms with E-state index in [1.807, 2.05) is 31.3 Å². The SMILES string of the molecule is CCNC(c1ccnc(C)c1)c1ncccc1OC. The van der Waals surface area contributed by atoms with Crippen LogP contribution in [0.3, 0.4) is 0 Å². The van der Waals surface area contributed by atoms with Crippen molar-refractivity contribution in [2.75, 3.05) is 13.7 Å². The highest BCUT2D eigenvalue weighted by atomic mass is 16.5. The third kappa shape index (κ3) is 3.09. The van der Waals surface area contributed by atoms with Crippen molar-refractivity contribution in [3.05, 3.63) is 53.6 Å². The maximum Gasteiger partial charge on any atom is 0.142 e. The van der Waals surface area contributed by atoms with Crippen molar-refractivity contribution in [2.24, 2.45) is 0 Å². The summed E-state index contributed by atoms with van der Waals surface area (Å²) in [7, 11) is 1.67. The maximum absolute atomic E-state index is 5.41. The molecule has 100 valence electrons. The Bertz CT molecular complexity index is 542. The van der Waals surface area contributed by atoms with E-state index in [4.69, 9.17) is 4.74 Å². The number of methoxy groups -OCH3 is 1. The number of pyridine rings is 2. The van der Waals surface area contributed by atoms with Gasteiger partial charge in [0.15, 0.2) is 0 Å². The summed E-state index contributed by atoms with van der Waals surface area (Å²) in [6, 6.07) is 7.91. The van der Waals surface area contributed by atoms with Crippen LogP contribution in [-0.2, 0) is 0 Å². The Hall–Kier alpha value is -1.94. The van der Waals surface area contributed by atoms with E-state index in [1.165, 1.54) is 0 Å². The van der Waals surface area contributed by atoms with Crippen LogP contribution in [0.25, 0.3) is 0 Å². The van der Waals surface area contributed by atoms with Crippen LogP contribution in [0.2, 0.25) is 0 Å². The summed E-state index contributed by atoms with van der Waals surface area (Å²) >= 11 is 0. The number of aryl methyl sites for hydroxylation is 1. The Morgan fingerprint density at radius 3 is 2.79 bits per heavy atom. The van der Waals surface area contributed by atoms with Gasteiger partial charge < -0.3 is 10.1 Å². The van der Waals surface area contributed by atoms with Crippen LogP contribution in [-0.4, -0.2) is 23.6 Å². The molecule has 2 aromatic heterocycles. The highest BCUT2D eigenvalue weighted by molar-refractivity contribution is 5.36. The summed E-state index contributed by atoms with van der Waals surface area (Å²) < 4.78 is 5.41. The first-order valence-electron chi connectivity index (χ1n) is 6.41. The second-order valence-electron chi connectivity index (χ2n) is 4.31. The van der Waals surface area contributed by atoms with E-state index < -0.39 is 0 Å². The molecule has 19 heavy (non-hydrogen) atoms. The summed E-state index contributed by atoms with van der Waals surface area (Å²) in [6.07, 6.45) is 3.61. The molecule has 1 atom stereocenters. The molecule has 0 aliphatic heterocycles. The van der Waals surface area contributed by atoms with E-state index in [2.05, 4.69) is 28.3 Å². The third-order valence-corrected chi connectivity index (χ3v) is 2.96. The first-order chi connectivity index (χ1) is 9.26. The molecule has 0 aliphatic carbocycles. The van der Waals surface area contributed by atoms with Gasteiger partial charge in [-0.1, -0.05) is 6.92 Å². The molecule has 0 bridgehead atoms. The quantitative estimate of drug-likeness (QED) is 0.894. The van der Waals surface area contributed by atoms with Gasteiger partial charge in [0.25, 0.3) is 0 Å². The van der Waals surface area contributed by atoms with Gasteiger partial charge in [0.2, 0.25) is 0 Å². The van der Waals surface area contributed by atoms with E-state index in [1.54, 1.807) is 13.3 Å². The zero-order valence-electron chi connectivity index (χ0n) is 11.6. The average Bonchev–Trinajstić information content (AvgIpc) is 2.45. The minimum absolute atomic E-state index is 0.0165. The number of hydrogen-bond donors (Lipinski definition) is 1. The molecule has 0 saturated heterocycles. The lowest BCUT2D eigenvalue weighted by atomic mass is 10.0. The van der Waals surface area contributed by atoms with Crippen LogP contribution in [0, 0.1) is 6.92 Å². The summed E-state index contributed by atoms with van der Waals surface area (Å²) in [5, 5.41) is 3.45. The van der Waals surface area contributed by atoms with Crippen LogP contribution in [0.5, 0.6) is 5.75 Å². The molecule has 1 unspecified atom stereocenters. The lowest BCUT2D eigenvalue weighted by Crippen LogP contribution is -2.23. The van der Waals surface area contributed by atoms with Crippen molar-refractivity contribution >= 4 is 0 Å². The van der Waals surface area contributed by atoms with E-state index in [-0.39, 0.29) is 6.04 Å². The lowest BCUT2D eigenvalue weighted by Gasteiger charge is -2.20. The Balaban J connectivity index is 2.45. The van der Waals surface area contributed by atoms with Crippen LogP contribution in [0.15, 0.2) is 36.7 Å². The second-order valence-corrected chi connectivity index (χ2v) is 4.31. The standard InChI is InChI=1S/C15H19N3O/c1-4-16-14(12-7-9-17-11(2)10-12)15-13(19-3)6-5-8-18-15/h5-10,14,16H,4H2,1-3H3. The van der Waals surface area contributed by atoms with E-state index in [0.717, 1.165) is 29.2 Å². The van der Waals surface area contributed by atoms with E-state index in [0.29, 0.717) is 0 Å². The second kappa shape index (κ2) is 6.29. The van der Waals surface area contributed by atoms with Gasteiger partial charge in [0.05, 0.1) is 13.2 Å². The van der Waals surface area contributed by atoms with Crippen molar-refractivity contribution in [1.82, 2.24) is 15.3 Å². The number of aromatic nitrogens is 2. The van der Waals surface area contributed by atoms with Gasteiger partial charge in [-0.05, 0) is 43.3 Å². The largest absolute Gasteiger partial charge is 0.495 e. The Morgan fingerprint density at radius 2 is 2.11 bits per heavy atom. The van der Waals surface area contributed by atoms with Crippen LogP contribution in [0.4, 0.5) is 0 Å². The number of rotatable bonds is 5. The molecule has 0 aromatic carbocycles. The molecule has 0 aliphatic rings. The van der Waals surface area contributed by atoms with Crippen molar-refractivity contribution in [1.29, 1.82) is 0 Å². The van der Waals surface area contributed by atoms with Crippen molar-refractivity contribution < 1.29 is 4.74 Å². The lowest BCUT2D eigenvalue weighted by molar-refractivity contribution is 0.400. The minimum Gasteiger partial charge on any atom is -0.495 e.